The minimum absolute atomic E-state index is 0.192. The number of piperazine rings is 1. The Morgan fingerprint density at radius 1 is 1.29 bits per heavy atom. The molecule has 0 aliphatic carbocycles. The third-order valence-corrected chi connectivity index (χ3v) is 4.28. The molecule has 1 aromatic carbocycles. The van der Waals surface area contributed by atoms with Gasteiger partial charge in [0.2, 0.25) is 5.89 Å². The second-order valence-corrected chi connectivity index (χ2v) is 5.90. The first-order valence-electron chi connectivity index (χ1n) is 7.78. The van der Waals surface area contributed by atoms with Crippen molar-refractivity contribution >= 4 is 11.4 Å². The number of halogens is 1. The molecule has 24 heavy (non-hydrogen) atoms. The molecule has 0 atom stereocenters. The number of oxazole rings is 1. The van der Waals surface area contributed by atoms with Gasteiger partial charge in [-0.15, -0.1) is 0 Å². The molecule has 128 valence electrons. The summed E-state index contributed by atoms with van der Waals surface area (Å²) in [7, 11) is 0. The van der Waals surface area contributed by atoms with Crippen LogP contribution in [0.3, 0.4) is 0 Å². The van der Waals surface area contributed by atoms with Crippen LogP contribution in [-0.2, 0) is 6.54 Å². The van der Waals surface area contributed by atoms with Gasteiger partial charge in [-0.05, 0) is 26.0 Å². The number of aromatic nitrogens is 1. The van der Waals surface area contributed by atoms with Gasteiger partial charge in [0.25, 0.3) is 5.69 Å². The molecule has 3 rings (SSSR count). The molecular formula is C16H19FN4O3. The molecule has 0 spiro atoms. The van der Waals surface area contributed by atoms with Gasteiger partial charge >= 0.3 is 0 Å². The molecule has 0 saturated carbocycles. The molecule has 7 nitrogen and oxygen atoms in total. The Morgan fingerprint density at radius 2 is 2.00 bits per heavy atom. The molecule has 1 fully saturated rings. The van der Waals surface area contributed by atoms with Crippen LogP contribution in [0.4, 0.5) is 15.8 Å². The van der Waals surface area contributed by atoms with E-state index in [4.69, 9.17) is 4.42 Å². The number of aryl methyl sites for hydroxylation is 2. The molecule has 1 aromatic heterocycles. The first-order valence-corrected chi connectivity index (χ1v) is 7.78. The van der Waals surface area contributed by atoms with E-state index in [1.165, 1.54) is 12.1 Å². The predicted octanol–water partition coefficient (Wildman–Crippen LogP) is 2.66. The van der Waals surface area contributed by atoms with Crippen molar-refractivity contribution in [3.8, 4) is 0 Å². The summed E-state index contributed by atoms with van der Waals surface area (Å²) in [4.78, 5) is 19.1. The van der Waals surface area contributed by atoms with Crippen LogP contribution in [0.5, 0.6) is 0 Å². The number of benzene rings is 1. The molecule has 0 unspecified atom stereocenters. The number of hydrogen-bond acceptors (Lipinski definition) is 6. The maximum atomic E-state index is 13.3. The maximum Gasteiger partial charge on any atom is 0.295 e. The van der Waals surface area contributed by atoms with Crippen LogP contribution in [0.1, 0.15) is 17.3 Å². The third-order valence-electron chi connectivity index (χ3n) is 4.28. The Morgan fingerprint density at radius 3 is 2.58 bits per heavy atom. The van der Waals surface area contributed by atoms with Gasteiger partial charge in [0, 0.05) is 26.2 Å². The summed E-state index contributed by atoms with van der Waals surface area (Å²) >= 11 is 0. The summed E-state index contributed by atoms with van der Waals surface area (Å²) in [6.45, 7) is 7.14. The number of nitro groups is 1. The van der Waals surface area contributed by atoms with Crippen LogP contribution >= 0.6 is 0 Å². The number of hydrogen-bond donors (Lipinski definition) is 0. The van der Waals surface area contributed by atoms with E-state index in [0.29, 0.717) is 31.2 Å². The van der Waals surface area contributed by atoms with E-state index in [1.807, 2.05) is 18.7 Å². The fraction of sp³-hybridized carbons (Fsp3) is 0.438. The smallest absolute Gasteiger partial charge is 0.295 e. The van der Waals surface area contributed by atoms with Crippen LogP contribution in [-0.4, -0.2) is 41.0 Å². The Labute approximate surface area is 138 Å². The molecule has 2 heterocycles. The Bertz CT molecular complexity index is 734. The summed E-state index contributed by atoms with van der Waals surface area (Å²) < 4.78 is 18.9. The zero-order valence-electron chi connectivity index (χ0n) is 13.7. The van der Waals surface area contributed by atoms with E-state index >= 15 is 0 Å². The zero-order valence-corrected chi connectivity index (χ0v) is 13.7. The van der Waals surface area contributed by atoms with E-state index in [0.717, 1.165) is 30.6 Å². The van der Waals surface area contributed by atoms with Crippen molar-refractivity contribution in [1.29, 1.82) is 0 Å². The first kappa shape index (κ1) is 16.4. The molecule has 0 bridgehead atoms. The molecule has 2 aromatic rings. The Kier molecular flexibility index (Phi) is 4.48. The lowest BCUT2D eigenvalue weighted by molar-refractivity contribution is -0.384. The van der Waals surface area contributed by atoms with Crippen LogP contribution < -0.4 is 4.90 Å². The lowest BCUT2D eigenvalue weighted by atomic mass is 10.2. The largest absolute Gasteiger partial charge is 0.444 e. The van der Waals surface area contributed by atoms with Gasteiger partial charge in [0.05, 0.1) is 23.2 Å². The van der Waals surface area contributed by atoms with Crippen molar-refractivity contribution in [2.24, 2.45) is 0 Å². The summed E-state index contributed by atoms with van der Waals surface area (Å²) in [6.07, 6.45) is 0. The van der Waals surface area contributed by atoms with Crippen LogP contribution in [0.15, 0.2) is 22.6 Å². The average Bonchev–Trinajstić information content (AvgIpc) is 2.86. The van der Waals surface area contributed by atoms with Crippen molar-refractivity contribution < 1.29 is 13.7 Å². The standard InChI is InChI=1S/C16H19FN4O3/c1-11-12(2)24-16(18-11)10-19-5-7-20(8-6-19)14-4-3-13(17)9-15(14)21(22)23/h3-4,9H,5-8,10H2,1-2H3. The van der Waals surface area contributed by atoms with Gasteiger partial charge in [-0.25, -0.2) is 9.37 Å². The summed E-state index contributed by atoms with van der Waals surface area (Å²) in [6, 6.07) is 3.71. The highest BCUT2D eigenvalue weighted by Gasteiger charge is 2.25. The van der Waals surface area contributed by atoms with Crippen molar-refractivity contribution in [2.75, 3.05) is 31.1 Å². The number of rotatable bonds is 4. The molecule has 1 aliphatic heterocycles. The minimum Gasteiger partial charge on any atom is -0.444 e. The highest BCUT2D eigenvalue weighted by Crippen LogP contribution is 2.29. The quantitative estimate of drug-likeness (QED) is 0.632. The fourth-order valence-electron chi connectivity index (χ4n) is 2.86. The summed E-state index contributed by atoms with van der Waals surface area (Å²) in [5, 5.41) is 11.1. The van der Waals surface area contributed by atoms with Gasteiger partial charge in [0.1, 0.15) is 17.3 Å². The minimum atomic E-state index is -0.598. The Balaban J connectivity index is 1.66. The van der Waals surface area contributed by atoms with Gasteiger partial charge in [-0.3, -0.25) is 15.0 Å². The lowest BCUT2D eigenvalue weighted by Crippen LogP contribution is -2.46. The van der Waals surface area contributed by atoms with Crippen LogP contribution in [0, 0.1) is 29.8 Å². The monoisotopic (exact) mass is 334 g/mol. The number of nitrogens with zero attached hydrogens (tertiary/aromatic N) is 4. The molecular weight excluding hydrogens is 315 g/mol. The summed E-state index contributed by atoms with van der Waals surface area (Å²) in [5.41, 5.74) is 1.16. The third kappa shape index (κ3) is 3.38. The highest BCUT2D eigenvalue weighted by atomic mass is 19.1. The van der Waals surface area contributed by atoms with E-state index in [1.54, 1.807) is 0 Å². The fourth-order valence-corrected chi connectivity index (χ4v) is 2.86. The van der Waals surface area contributed by atoms with Crippen molar-refractivity contribution in [3.05, 3.63) is 51.5 Å². The van der Waals surface area contributed by atoms with Crippen LogP contribution in [0.25, 0.3) is 0 Å². The second kappa shape index (κ2) is 6.56. The highest BCUT2D eigenvalue weighted by molar-refractivity contribution is 5.63. The Hall–Kier alpha value is -2.48. The normalized spacial score (nSPS) is 15.7. The van der Waals surface area contributed by atoms with Gasteiger partial charge < -0.3 is 9.32 Å². The van der Waals surface area contributed by atoms with E-state index in [-0.39, 0.29) is 5.69 Å². The predicted molar refractivity (Wildman–Crippen MR) is 86.5 cm³/mol. The van der Waals surface area contributed by atoms with Crippen molar-refractivity contribution in [1.82, 2.24) is 9.88 Å². The maximum absolute atomic E-state index is 13.3. The van der Waals surface area contributed by atoms with Crippen molar-refractivity contribution in [3.63, 3.8) is 0 Å². The van der Waals surface area contributed by atoms with Gasteiger partial charge in [-0.2, -0.15) is 0 Å². The second-order valence-electron chi connectivity index (χ2n) is 5.90. The van der Waals surface area contributed by atoms with Crippen LogP contribution in [0.2, 0.25) is 0 Å². The number of anilines is 1. The molecule has 0 N–H and O–H groups in total. The topological polar surface area (TPSA) is 75.7 Å². The van der Waals surface area contributed by atoms with E-state index < -0.39 is 10.7 Å². The van der Waals surface area contributed by atoms with Crippen molar-refractivity contribution in [2.45, 2.75) is 20.4 Å². The molecule has 1 aliphatic rings. The average molecular weight is 334 g/mol. The molecule has 0 amide bonds. The van der Waals surface area contributed by atoms with E-state index in [2.05, 4.69) is 9.88 Å². The molecule has 1 saturated heterocycles. The summed E-state index contributed by atoms with van der Waals surface area (Å²) in [5.74, 6) is 0.913. The van der Waals surface area contributed by atoms with E-state index in [9.17, 15) is 14.5 Å². The number of nitro benzene ring substituents is 1. The van der Waals surface area contributed by atoms with Gasteiger partial charge in [-0.1, -0.05) is 0 Å². The lowest BCUT2D eigenvalue weighted by Gasteiger charge is -2.35. The zero-order chi connectivity index (χ0) is 17.3. The molecule has 8 heteroatoms. The van der Waals surface area contributed by atoms with Gasteiger partial charge in [0.15, 0.2) is 0 Å². The first-order chi connectivity index (χ1) is 11.4. The SMILES string of the molecule is Cc1nc(CN2CCN(c3ccc(F)cc3[N+](=O)[O-])CC2)oc1C. The molecule has 0 radical (unpaired) electrons.